The fraction of sp³-hybridized carbons (Fsp3) is 0.368. The van der Waals surface area contributed by atoms with Crippen molar-refractivity contribution in [2.24, 2.45) is 0 Å². The summed E-state index contributed by atoms with van der Waals surface area (Å²) in [5.74, 6) is 0.651. The third-order valence-electron chi connectivity index (χ3n) is 4.73. The Labute approximate surface area is 160 Å². The largest absolute Gasteiger partial charge is 0.465 e. The summed E-state index contributed by atoms with van der Waals surface area (Å²) in [7, 11) is 1.33. The zero-order valence-corrected chi connectivity index (χ0v) is 16.0. The monoisotopic (exact) mass is 387 g/mol. The number of fused-ring (bicyclic) bond motifs is 1. The molecule has 0 spiro atoms. The van der Waals surface area contributed by atoms with Crippen LogP contribution in [0, 0.1) is 6.92 Å². The normalized spacial score (nSPS) is 17.2. The van der Waals surface area contributed by atoms with Gasteiger partial charge in [-0.3, -0.25) is 0 Å². The molecule has 1 aromatic carbocycles. The first-order valence-electron chi connectivity index (χ1n) is 8.81. The Bertz CT molecular complexity index is 988. The third-order valence-corrected chi connectivity index (χ3v) is 5.69. The van der Waals surface area contributed by atoms with Gasteiger partial charge in [-0.05, 0) is 37.8 Å². The van der Waals surface area contributed by atoms with Crippen LogP contribution in [-0.2, 0) is 9.47 Å². The van der Waals surface area contributed by atoms with Gasteiger partial charge in [0.15, 0.2) is 12.0 Å². The Morgan fingerprint density at radius 1 is 1.41 bits per heavy atom. The van der Waals surface area contributed by atoms with E-state index in [1.807, 2.05) is 23.7 Å². The number of nitrogens with zero attached hydrogens (tertiary/aromatic N) is 2. The van der Waals surface area contributed by atoms with Gasteiger partial charge in [0.1, 0.15) is 16.3 Å². The molecule has 0 amide bonds. The van der Waals surface area contributed by atoms with Crippen molar-refractivity contribution >= 4 is 33.9 Å². The lowest BCUT2D eigenvalue weighted by atomic mass is 10.1. The van der Waals surface area contributed by atoms with Gasteiger partial charge in [-0.1, -0.05) is 6.07 Å². The number of benzene rings is 1. The number of ether oxygens (including phenoxy) is 3. The van der Waals surface area contributed by atoms with Crippen LogP contribution >= 0.6 is 11.3 Å². The number of nitrogens with two attached hydrogens (primary N) is 1. The average molecular weight is 387 g/mol. The highest BCUT2D eigenvalue weighted by Gasteiger charge is 2.22. The van der Waals surface area contributed by atoms with Crippen molar-refractivity contribution < 1.29 is 19.0 Å². The maximum Gasteiger partial charge on any atom is 0.350 e. The molecule has 4 rings (SSSR count). The predicted molar refractivity (Wildman–Crippen MR) is 103 cm³/mol. The highest BCUT2D eigenvalue weighted by Crippen LogP contribution is 2.40. The lowest BCUT2D eigenvalue weighted by Gasteiger charge is -2.23. The van der Waals surface area contributed by atoms with Crippen molar-refractivity contribution in [3.05, 3.63) is 34.2 Å². The Morgan fingerprint density at radius 2 is 2.26 bits per heavy atom. The van der Waals surface area contributed by atoms with Gasteiger partial charge in [-0.2, -0.15) is 5.10 Å². The average Bonchev–Trinajstić information content (AvgIpc) is 3.28. The molecule has 8 heteroatoms. The van der Waals surface area contributed by atoms with Crippen LogP contribution in [0.25, 0.3) is 10.9 Å². The Kier molecular flexibility index (Phi) is 4.75. The lowest BCUT2D eigenvalue weighted by molar-refractivity contribution is -0.0366. The van der Waals surface area contributed by atoms with Crippen molar-refractivity contribution in [1.29, 1.82) is 0 Å². The van der Waals surface area contributed by atoms with Crippen molar-refractivity contribution in [1.82, 2.24) is 9.78 Å². The van der Waals surface area contributed by atoms with Gasteiger partial charge in [0, 0.05) is 12.0 Å². The molecule has 1 fully saturated rings. The van der Waals surface area contributed by atoms with E-state index in [1.54, 1.807) is 11.6 Å². The number of aryl methyl sites for hydroxylation is 1. The van der Waals surface area contributed by atoms with E-state index in [2.05, 4.69) is 5.10 Å². The van der Waals surface area contributed by atoms with Crippen LogP contribution in [0.3, 0.4) is 0 Å². The molecule has 7 nitrogen and oxygen atoms in total. The van der Waals surface area contributed by atoms with Crippen LogP contribution in [-0.4, -0.2) is 29.5 Å². The van der Waals surface area contributed by atoms with Crippen molar-refractivity contribution in [3.8, 4) is 11.5 Å². The molecule has 0 radical (unpaired) electrons. The highest BCUT2D eigenvalue weighted by atomic mass is 32.1. The number of aromatic nitrogens is 2. The van der Waals surface area contributed by atoms with E-state index >= 15 is 0 Å². The Morgan fingerprint density at radius 3 is 3.00 bits per heavy atom. The number of carbonyl (C=O) groups excluding carboxylic acids is 1. The zero-order valence-electron chi connectivity index (χ0n) is 15.2. The molecular formula is C19H21N3O4S. The first-order valence-corrected chi connectivity index (χ1v) is 9.69. The fourth-order valence-electron chi connectivity index (χ4n) is 3.28. The second kappa shape index (κ2) is 7.21. The van der Waals surface area contributed by atoms with Gasteiger partial charge in [0.05, 0.1) is 24.2 Å². The standard InChI is InChI=1S/C19H21N3O4S/c1-11-6-7-13-12(9-21-22(13)15-5-3-4-8-25-15)17(11)26-14-10-27-18(16(14)20)19(23)24-2/h6-7,9-10,15H,3-5,8,20H2,1-2H3. The summed E-state index contributed by atoms with van der Waals surface area (Å²) in [6, 6.07) is 4.02. The first-order chi connectivity index (χ1) is 13.1. The van der Waals surface area contributed by atoms with E-state index < -0.39 is 5.97 Å². The molecule has 0 aliphatic carbocycles. The molecule has 1 aliphatic rings. The summed E-state index contributed by atoms with van der Waals surface area (Å²) in [4.78, 5) is 12.1. The predicted octanol–water partition coefficient (Wildman–Crippen LogP) is 4.27. The van der Waals surface area contributed by atoms with Crippen LogP contribution in [0.15, 0.2) is 23.7 Å². The molecule has 3 heterocycles. The Hall–Kier alpha value is -2.58. The topological polar surface area (TPSA) is 88.6 Å². The molecule has 142 valence electrons. The van der Waals surface area contributed by atoms with E-state index in [0.29, 0.717) is 16.4 Å². The SMILES string of the molecule is COC(=O)c1scc(Oc2c(C)ccc3c2cnn3C2CCCCO2)c1N. The molecule has 27 heavy (non-hydrogen) atoms. The van der Waals surface area contributed by atoms with Crippen LogP contribution in [0.1, 0.15) is 40.7 Å². The van der Waals surface area contributed by atoms with E-state index in [1.165, 1.54) is 18.4 Å². The van der Waals surface area contributed by atoms with Crippen molar-refractivity contribution in [2.45, 2.75) is 32.4 Å². The number of methoxy groups -OCH3 is 1. The lowest BCUT2D eigenvalue weighted by Crippen LogP contribution is -2.18. The van der Waals surface area contributed by atoms with Crippen LogP contribution in [0.4, 0.5) is 5.69 Å². The van der Waals surface area contributed by atoms with Crippen LogP contribution < -0.4 is 10.5 Å². The van der Waals surface area contributed by atoms with Crippen LogP contribution in [0.5, 0.6) is 11.5 Å². The number of carbonyl (C=O) groups is 1. The van der Waals surface area contributed by atoms with Gasteiger partial charge in [0.25, 0.3) is 0 Å². The number of hydrogen-bond acceptors (Lipinski definition) is 7. The molecule has 3 aromatic rings. The zero-order chi connectivity index (χ0) is 19.0. The molecule has 1 saturated heterocycles. The van der Waals surface area contributed by atoms with E-state index in [-0.39, 0.29) is 11.9 Å². The summed E-state index contributed by atoms with van der Waals surface area (Å²) in [5.41, 5.74) is 8.28. The van der Waals surface area contributed by atoms with Gasteiger partial charge < -0.3 is 19.9 Å². The number of esters is 1. The van der Waals surface area contributed by atoms with Gasteiger partial charge in [-0.15, -0.1) is 11.3 Å². The first kappa shape index (κ1) is 17.8. The molecule has 1 unspecified atom stereocenters. The minimum atomic E-state index is -0.468. The summed E-state index contributed by atoms with van der Waals surface area (Å²) < 4.78 is 18.7. The summed E-state index contributed by atoms with van der Waals surface area (Å²) in [6.07, 6.45) is 4.90. The van der Waals surface area contributed by atoms with E-state index in [4.69, 9.17) is 19.9 Å². The molecule has 0 bridgehead atoms. The number of rotatable bonds is 4. The fourth-order valence-corrected chi connectivity index (χ4v) is 4.08. The quantitative estimate of drug-likeness (QED) is 0.673. The minimum absolute atomic E-state index is 0.0519. The maximum absolute atomic E-state index is 11.8. The molecule has 2 aromatic heterocycles. The molecule has 2 N–H and O–H groups in total. The smallest absolute Gasteiger partial charge is 0.350 e. The summed E-state index contributed by atoms with van der Waals surface area (Å²) >= 11 is 1.20. The van der Waals surface area contributed by atoms with Crippen LogP contribution in [0.2, 0.25) is 0 Å². The molecule has 1 aliphatic heterocycles. The van der Waals surface area contributed by atoms with Gasteiger partial charge >= 0.3 is 5.97 Å². The van der Waals surface area contributed by atoms with E-state index in [9.17, 15) is 4.79 Å². The summed E-state index contributed by atoms with van der Waals surface area (Å²) in [5, 5.41) is 7.14. The maximum atomic E-state index is 11.8. The number of nitrogen functional groups attached to an aromatic ring is 1. The molecule has 0 saturated carbocycles. The summed E-state index contributed by atoms with van der Waals surface area (Å²) in [6.45, 7) is 2.72. The van der Waals surface area contributed by atoms with Gasteiger partial charge in [-0.25, -0.2) is 9.48 Å². The number of hydrogen-bond donors (Lipinski definition) is 1. The second-order valence-corrected chi connectivity index (χ2v) is 7.37. The highest BCUT2D eigenvalue weighted by molar-refractivity contribution is 7.13. The van der Waals surface area contributed by atoms with Gasteiger partial charge in [0.2, 0.25) is 0 Å². The number of thiophene rings is 1. The Balaban J connectivity index is 1.72. The molecule has 1 atom stereocenters. The van der Waals surface area contributed by atoms with Crippen molar-refractivity contribution in [2.75, 3.05) is 19.5 Å². The number of anilines is 1. The second-order valence-electron chi connectivity index (χ2n) is 6.49. The third kappa shape index (κ3) is 3.15. The minimum Gasteiger partial charge on any atom is -0.465 e. The molecular weight excluding hydrogens is 366 g/mol. The van der Waals surface area contributed by atoms with E-state index in [0.717, 1.165) is 42.3 Å². The van der Waals surface area contributed by atoms with Crippen molar-refractivity contribution in [3.63, 3.8) is 0 Å².